The minimum Gasteiger partial charge on any atom is -0.346 e. The van der Waals surface area contributed by atoms with E-state index in [0.29, 0.717) is 12.3 Å². The number of thioether (sulfide) groups is 1. The third kappa shape index (κ3) is 4.67. The number of hydrogen-bond acceptors (Lipinski definition) is 4. The Morgan fingerprint density at radius 3 is 2.77 bits per heavy atom. The molecule has 26 heavy (non-hydrogen) atoms. The van der Waals surface area contributed by atoms with Gasteiger partial charge in [0.05, 0.1) is 6.04 Å². The number of aromatic nitrogens is 3. The number of aryl methyl sites for hydroxylation is 1. The van der Waals surface area contributed by atoms with E-state index in [-0.39, 0.29) is 11.9 Å². The number of rotatable bonds is 7. The molecule has 1 saturated carbocycles. The van der Waals surface area contributed by atoms with Crippen molar-refractivity contribution in [2.45, 2.75) is 62.9 Å². The third-order valence-corrected chi connectivity index (χ3v) is 6.27. The fourth-order valence-electron chi connectivity index (χ4n) is 3.58. The molecule has 1 aromatic carbocycles. The standard InChI is InChI=1S/C20H28N4OS/c1-14-8-4-7-11-17(14)13-26-20-23-22-19(24(20)3)15(2)21-18(25)12-16-9-5-6-10-16/h4,7-8,11,15-16H,5-6,9-10,12-13H2,1-3H3,(H,21,25)/t15-/m0/s1. The summed E-state index contributed by atoms with van der Waals surface area (Å²) in [6.45, 7) is 4.10. The van der Waals surface area contributed by atoms with E-state index in [2.05, 4.69) is 46.7 Å². The van der Waals surface area contributed by atoms with Gasteiger partial charge in [-0.3, -0.25) is 4.79 Å². The van der Waals surface area contributed by atoms with Crippen LogP contribution in [-0.4, -0.2) is 20.7 Å². The molecule has 1 aliphatic rings. The topological polar surface area (TPSA) is 59.8 Å². The van der Waals surface area contributed by atoms with Crippen molar-refractivity contribution in [2.24, 2.45) is 13.0 Å². The average molecular weight is 373 g/mol. The van der Waals surface area contributed by atoms with Gasteiger partial charge in [0.2, 0.25) is 5.91 Å². The molecule has 0 bridgehead atoms. The number of hydrogen-bond donors (Lipinski definition) is 1. The summed E-state index contributed by atoms with van der Waals surface area (Å²) in [4.78, 5) is 12.3. The normalized spacial score (nSPS) is 16.0. The summed E-state index contributed by atoms with van der Waals surface area (Å²) in [5.74, 6) is 2.35. The van der Waals surface area contributed by atoms with Crippen molar-refractivity contribution in [3.05, 3.63) is 41.2 Å². The lowest BCUT2D eigenvalue weighted by Gasteiger charge is -2.15. The van der Waals surface area contributed by atoms with E-state index in [0.717, 1.165) is 16.7 Å². The molecule has 6 heteroatoms. The van der Waals surface area contributed by atoms with Gasteiger partial charge in [-0.2, -0.15) is 0 Å². The van der Waals surface area contributed by atoms with Crippen molar-refractivity contribution in [2.75, 3.05) is 0 Å². The Balaban J connectivity index is 1.57. The zero-order chi connectivity index (χ0) is 18.5. The number of carbonyl (C=O) groups excluding carboxylic acids is 1. The first-order valence-electron chi connectivity index (χ1n) is 9.40. The molecule has 1 aromatic heterocycles. The van der Waals surface area contributed by atoms with Gasteiger partial charge in [-0.05, 0) is 43.7 Å². The molecular formula is C20H28N4OS. The highest BCUT2D eigenvalue weighted by atomic mass is 32.2. The molecule has 0 spiro atoms. The van der Waals surface area contributed by atoms with Gasteiger partial charge >= 0.3 is 0 Å². The van der Waals surface area contributed by atoms with Gasteiger partial charge in [0, 0.05) is 19.2 Å². The fraction of sp³-hybridized carbons (Fsp3) is 0.550. The van der Waals surface area contributed by atoms with Gasteiger partial charge in [-0.1, -0.05) is 48.9 Å². The second kappa shape index (κ2) is 8.71. The number of amides is 1. The summed E-state index contributed by atoms with van der Waals surface area (Å²) in [7, 11) is 1.97. The van der Waals surface area contributed by atoms with Crippen LogP contribution < -0.4 is 5.32 Å². The van der Waals surface area contributed by atoms with E-state index in [9.17, 15) is 4.79 Å². The first-order chi connectivity index (χ1) is 12.5. The van der Waals surface area contributed by atoms with Crippen molar-refractivity contribution >= 4 is 17.7 Å². The predicted octanol–water partition coefficient (Wildman–Crippen LogP) is 4.17. The highest BCUT2D eigenvalue weighted by Crippen LogP contribution is 2.28. The quantitative estimate of drug-likeness (QED) is 0.741. The Morgan fingerprint density at radius 1 is 1.31 bits per heavy atom. The van der Waals surface area contributed by atoms with E-state index >= 15 is 0 Å². The zero-order valence-corrected chi connectivity index (χ0v) is 16.7. The Bertz CT molecular complexity index is 752. The summed E-state index contributed by atoms with van der Waals surface area (Å²) in [5.41, 5.74) is 2.59. The molecule has 1 fully saturated rings. The second-order valence-corrected chi connectivity index (χ2v) is 8.20. The summed E-state index contributed by atoms with van der Waals surface area (Å²) in [6, 6.07) is 8.26. The molecule has 0 aliphatic heterocycles. The third-order valence-electron chi connectivity index (χ3n) is 5.20. The van der Waals surface area contributed by atoms with Crippen LogP contribution in [0, 0.1) is 12.8 Å². The minimum atomic E-state index is -0.130. The Labute approximate surface area is 160 Å². The molecule has 0 saturated heterocycles. The molecule has 0 unspecified atom stereocenters. The lowest BCUT2D eigenvalue weighted by molar-refractivity contribution is -0.122. The number of nitrogens with zero attached hydrogens (tertiary/aromatic N) is 3. The number of benzene rings is 1. The summed E-state index contributed by atoms with van der Waals surface area (Å²) >= 11 is 1.67. The maximum atomic E-state index is 12.3. The average Bonchev–Trinajstić information content (AvgIpc) is 3.24. The van der Waals surface area contributed by atoms with Crippen LogP contribution in [0.3, 0.4) is 0 Å². The highest BCUT2D eigenvalue weighted by Gasteiger charge is 2.22. The molecular weight excluding hydrogens is 344 g/mol. The molecule has 1 heterocycles. The molecule has 1 atom stereocenters. The van der Waals surface area contributed by atoms with Crippen LogP contribution in [0.5, 0.6) is 0 Å². The van der Waals surface area contributed by atoms with E-state index in [1.54, 1.807) is 11.8 Å². The largest absolute Gasteiger partial charge is 0.346 e. The van der Waals surface area contributed by atoms with Crippen LogP contribution >= 0.6 is 11.8 Å². The van der Waals surface area contributed by atoms with Crippen molar-refractivity contribution in [1.82, 2.24) is 20.1 Å². The van der Waals surface area contributed by atoms with Crippen LogP contribution in [0.1, 0.15) is 62.0 Å². The molecule has 3 rings (SSSR count). The maximum absolute atomic E-state index is 12.3. The first kappa shape index (κ1) is 19.0. The van der Waals surface area contributed by atoms with Crippen LogP contribution in [0.15, 0.2) is 29.4 Å². The van der Waals surface area contributed by atoms with Crippen LogP contribution in [0.2, 0.25) is 0 Å². The summed E-state index contributed by atoms with van der Waals surface area (Å²) in [6.07, 6.45) is 5.53. The smallest absolute Gasteiger partial charge is 0.220 e. The lowest BCUT2D eigenvalue weighted by atomic mass is 10.0. The SMILES string of the molecule is Cc1ccccc1CSc1nnc([C@H](C)NC(=O)CC2CCCC2)n1C. The van der Waals surface area contributed by atoms with E-state index < -0.39 is 0 Å². The van der Waals surface area contributed by atoms with Crippen LogP contribution in [0.4, 0.5) is 0 Å². The van der Waals surface area contributed by atoms with E-state index in [4.69, 9.17) is 0 Å². The van der Waals surface area contributed by atoms with Crippen molar-refractivity contribution in [3.63, 3.8) is 0 Å². The molecule has 1 N–H and O–H groups in total. The Hall–Kier alpha value is -1.82. The highest BCUT2D eigenvalue weighted by molar-refractivity contribution is 7.98. The molecule has 0 radical (unpaired) electrons. The first-order valence-corrected chi connectivity index (χ1v) is 10.4. The van der Waals surface area contributed by atoms with Gasteiger partial charge in [-0.15, -0.1) is 10.2 Å². The van der Waals surface area contributed by atoms with Gasteiger partial charge in [0.25, 0.3) is 0 Å². The van der Waals surface area contributed by atoms with Crippen LogP contribution in [0.25, 0.3) is 0 Å². The van der Waals surface area contributed by atoms with Crippen molar-refractivity contribution in [3.8, 4) is 0 Å². The maximum Gasteiger partial charge on any atom is 0.220 e. The number of nitrogens with one attached hydrogen (secondary N) is 1. The molecule has 1 aliphatic carbocycles. The van der Waals surface area contributed by atoms with Gasteiger partial charge in [0.1, 0.15) is 0 Å². The van der Waals surface area contributed by atoms with Crippen molar-refractivity contribution in [1.29, 1.82) is 0 Å². The van der Waals surface area contributed by atoms with E-state index in [1.807, 2.05) is 18.5 Å². The van der Waals surface area contributed by atoms with Crippen molar-refractivity contribution < 1.29 is 4.79 Å². The van der Waals surface area contributed by atoms with Gasteiger partial charge in [0.15, 0.2) is 11.0 Å². The number of carbonyl (C=O) groups is 1. The zero-order valence-electron chi connectivity index (χ0n) is 15.9. The van der Waals surface area contributed by atoms with Gasteiger partial charge < -0.3 is 9.88 Å². The minimum absolute atomic E-state index is 0.126. The fourth-order valence-corrected chi connectivity index (χ4v) is 4.58. The monoisotopic (exact) mass is 372 g/mol. The Kier molecular flexibility index (Phi) is 6.35. The van der Waals surface area contributed by atoms with Gasteiger partial charge in [-0.25, -0.2) is 0 Å². The molecule has 1 amide bonds. The molecule has 2 aromatic rings. The summed E-state index contributed by atoms with van der Waals surface area (Å²) < 4.78 is 1.99. The molecule has 5 nitrogen and oxygen atoms in total. The molecule has 140 valence electrons. The van der Waals surface area contributed by atoms with Crippen LogP contribution in [-0.2, 0) is 17.6 Å². The Morgan fingerprint density at radius 2 is 2.04 bits per heavy atom. The van der Waals surface area contributed by atoms with E-state index in [1.165, 1.54) is 36.8 Å². The second-order valence-electron chi connectivity index (χ2n) is 7.26. The summed E-state index contributed by atoms with van der Waals surface area (Å²) in [5, 5.41) is 12.6. The predicted molar refractivity (Wildman–Crippen MR) is 105 cm³/mol. The lowest BCUT2D eigenvalue weighted by Crippen LogP contribution is -2.29.